The van der Waals surface area contributed by atoms with Gasteiger partial charge >= 0.3 is 18.9 Å². The molecule has 0 saturated carbocycles. The van der Waals surface area contributed by atoms with Gasteiger partial charge in [0, 0.05) is 6.04 Å². The minimum atomic E-state index is -1.41. The molecule has 0 spiro atoms. The van der Waals surface area contributed by atoms with E-state index in [1.165, 1.54) is 6.92 Å². The zero-order valence-corrected chi connectivity index (χ0v) is 4.34. The second-order valence-electron chi connectivity index (χ2n) is 0.995. The zero-order chi connectivity index (χ0) is 6.73. The molecule has 4 heteroatoms. The maximum atomic E-state index is 9.75. The average Bonchev–Trinajstić information content (AvgIpc) is 1.64. The summed E-state index contributed by atoms with van der Waals surface area (Å²) in [5.74, 6) is -1.41. The van der Waals surface area contributed by atoms with Crippen LogP contribution in [0.2, 0.25) is 2.82 Å². The molecule has 0 radical (unpaired) electrons. The molecule has 0 aliphatic rings. The van der Waals surface area contributed by atoms with Crippen LogP contribution in [0.5, 0.6) is 0 Å². The van der Waals surface area contributed by atoms with Gasteiger partial charge in [0.15, 0.2) is 0 Å². The van der Waals surface area contributed by atoms with Crippen LogP contribution >= 0.6 is 0 Å². The topological polar surface area (TPSA) is 66.2 Å². The minimum Gasteiger partial charge on any atom is -0.548 e. The van der Waals surface area contributed by atoms with Gasteiger partial charge in [0.25, 0.3) is 0 Å². The van der Waals surface area contributed by atoms with Crippen molar-refractivity contribution in [3.05, 3.63) is 0 Å². The van der Waals surface area contributed by atoms with Crippen LogP contribution in [-0.2, 0) is 4.79 Å². The van der Waals surface area contributed by atoms with Crippen molar-refractivity contribution in [3.8, 4) is 0 Å². The van der Waals surface area contributed by atoms with E-state index in [1.807, 2.05) is 0 Å². The van der Waals surface area contributed by atoms with Crippen molar-refractivity contribution in [2.24, 2.45) is 5.72 Å². The third-order valence-electron chi connectivity index (χ3n) is 0.341. The van der Waals surface area contributed by atoms with Gasteiger partial charge in [0.2, 0.25) is 0 Å². The molecule has 0 aliphatic carbocycles. The molecule has 0 amide bonds. The van der Waals surface area contributed by atoms with Crippen molar-refractivity contribution in [1.29, 1.82) is 0 Å². The van der Waals surface area contributed by atoms with Crippen molar-refractivity contribution in [3.63, 3.8) is 0 Å². The molecule has 0 bridgehead atoms. The maximum Gasteiger partial charge on any atom is 1.00 e. The molecule has 0 saturated heterocycles. The average molecular weight is 97.1 g/mol. The van der Waals surface area contributed by atoms with Crippen molar-refractivity contribution in [1.82, 2.24) is 0 Å². The summed E-state index contributed by atoms with van der Waals surface area (Å²) in [6.07, 6.45) is 0. The van der Waals surface area contributed by atoms with E-state index < -0.39 is 12.0 Å². The summed E-state index contributed by atoms with van der Waals surface area (Å²) >= 11 is 0. The Morgan fingerprint density at radius 2 is 2.57 bits per heavy atom. The van der Waals surface area contributed by atoms with E-state index in [-0.39, 0.29) is 24.6 Å². The third-order valence-corrected chi connectivity index (χ3v) is 0.341. The van der Waals surface area contributed by atoms with Gasteiger partial charge in [-0.3, -0.25) is 0 Å². The molecule has 36 valence electrons. The Bertz CT molecular complexity index is 99.8. The van der Waals surface area contributed by atoms with Crippen molar-refractivity contribution < 1.29 is 31.6 Å². The normalized spacial score (nSPS) is 16.3. The second-order valence-corrected chi connectivity index (χ2v) is 0.995. The number of nitrogens with two attached hydrogens (primary N) is 1. The summed E-state index contributed by atoms with van der Waals surface area (Å²) in [4.78, 5) is 9.75. The molecule has 7 heavy (non-hydrogen) atoms. The first-order valence-electron chi connectivity index (χ1n) is 2.43. The molecular weight excluding hydrogens is 89.1 g/mol. The Labute approximate surface area is 57.0 Å². The number of hydrogen-bond donors (Lipinski definition) is 1. The fourth-order valence-corrected chi connectivity index (χ4v) is 0. The number of carbonyl (C=O) groups is 1. The number of carbonyl (C=O) groups excluding carboxylic acids is 1. The SMILES string of the molecule is [2H]N([2H])[C@@H](C)C(=O)[O-].[7Li+]. The standard InChI is InChI=1S/C3H7NO2.Li/c1-2(4)3(5)6;/h2H,4H2,1H3,(H,5,6);/q;+1/p-1/t2-;/m0./s1/i;1+0/hD2. The minimum absolute atomic E-state index is 0. The first-order valence-corrected chi connectivity index (χ1v) is 1.53. The smallest absolute Gasteiger partial charge is 0.548 e. The van der Waals surface area contributed by atoms with Gasteiger partial charge in [-0.25, -0.2) is 0 Å². The van der Waals surface area contributed by atoms with Crippen LogP contribution in [0.25, 0.3) is 0 Å². The maximum absolute atomic E-state index is 9.75. The second kappa shape index (κ2) is 4.19. The van der Waals surface area contributed by atoms with Crippen LogP contribution in [0.15, 0.2) is 0 Å². The summed E-state index contributed by atoms with van der Waals surface area (Å²) in [5.41, 5.74) is 0.0787. The van der Waals surface area contributed by atoms with Gasteiger partial charge in [-0.05, 0) is 6.92 Å². The molecule has 0 rings (SSSR count). The zero-order valence-electron chi connectivity index (χ0n) is 6.34. The fourth-order valence-electron chi connectivity index (χ4n) is 0. The summed E-state index contributed by atoms with van der Waals surface area (Å²) < 4.78 is 12.8. The molecule has 0 heterocycles. The van der Waals surface area contributed by atoms with E-state index in [9.17, 15) is 9.90 Å². The van der Waals surface area contributed by atoms with Gasteiger partial charge in [0.1, 0.15) is 2.82 Å². The molecule has 0 unspecified atom stereocenters. The van der Waals surface area contributed by atoms with Crippen LogP contribution in [0.4, 0.5) is 0 Å². The fraction of sp³-hybridized carbons (Fsp3) is 0.667. The third kappa shape index (κ3) is 6.03. The van der Waals surface area contributed by atoms with Crippen molar-refractivity contribution in [2.45, 2.75) is 13.0 Å². The first-order chi connectivity index (χ1) is 3.55. The predicted molar refractivity (Wildman–Crippen MR) is 18.7 cm³/mol. The molecule has 2 N–H and O–H groups in total. The monoisotopic (exact) mass is 97.1 g/mol. The Kier molecular flexibility index (Phi) is 3.10. The molecule has 3 nitrogen and oxygen atoms in total. The number of hydrogen-bond acceptors (Lipinski definition) is 3. The van der Waals surface area contributed by atoms with Crippen LogP contribution in [0.1, 0.15) is 6.92 Å². The Morgan fingerprint density at radius 3 is 2.57 bits per heavy atom. The number of aliphatic carboxylic acids is 1. The molecular formula is C3H6LiNO2. The van der Waals surface area contributed by atoms with E-state index in [4.69, 9.17) is 2.82 Å². The Morgan fingerprint density at radius 1 is 2.14 bits per heavy atom. The number of rotatable bonds is 2. The van der Waals surface area contributed by atoms with Gasteiger partial charge in [-0.1, -0.05) is 0 Å². The van der Waals surface area contributed by atoms with Gasteiger partial charge in [0.05, 0.1) is 5.97 Å². The summed E-state index contributed by atoms with van der Waals surface area (Å²) in [7, 11) is 0. The van der Waals surface area contributed by atoms with Crippen molar-refractivity contribution in [2.75, 3.05) is 0 Å². The van der Waals surface area contributed by atoms with E-state index in [0.29, 0.717) is 0 Å². The van der Waals surface area contributed by atoms with E-state index in [1.54, 1.807) is 0 Å². The summed E-state index contributed by atoms with van der Waals surface area (Å²) in [6, 6.07) is -1.16. The summed E-state index contributed by atoms with van der Waals surface area (Å²) in [6.45, 7) is 1.20. The van der Waals surface area contributed by atoms with Crippen LogP contribution < -0.4 is 29.7 Å². The largest absolute Gasteiger partial charge is 1.00 e. The van der Waals surface area contributed by atoms with E-state index >= 15 is 0 Å². The molecule has 0 aliphatic heterocycles. The van der Waals surface area contributed by atoms with Crippen molar-refractivity contribution >= 4 is 5.97 Å². The number of carboxylic acid groups (broad SMARTS) is 1. The van der Waals surface area contributed by atoms with E-state index in [0.717, 1.165) is 0 Å². The first kappa shape index (κ1) is 5.17. The molecule has 0 aromatic carbocycles. The van der Waals surface area contributed by atoms with Crippen LogP contribution in [0.3, 0.4) is 0 Å². The quantitative estimate of drug-likeness (QED) is 0.351. The Hall–Kier alpha value is 0.0274. The predicted octanol–water partition coefficient (Wildman–Crippen LogP) is -4.91. The Balaban J connectivity index is 0. The van der Waals surface area contributed by atoms with E-state index in [2.05, 4.69) is 0 Å². The molecule has 0 aromatic rings. The van der Waals surface area contributed by atoms with Gasteiger partial charge in [-0.15, -0.1) is 0 Å². The van der Waals surface area contributed by atoms with Crippen LogP contribution in [0, 0.1) is 0 Å². The van der Waals surface area contributed by atoms with Crippen LogP contribution in [-0.4, -0.2) is 12.0 Å². The molecule has 0 fully saturated rings. The number of carboxylic acids is 1. The van der Waals surface area contributed by atoms with Gasteiger partial charge in [-0.2, -0.15) is 0 Å². The molecule has 1 atom stereocenters. The van der Waals surface area contributed by atoms with Gasteiger partial charge < -0.3 is 15.6 Å². The summed E-state index contributed by atoms with van der Waals surface area (Å²) in [5, 5.41) is 9.75. The molecule has 0 aromatic heterocycles.